The maximum absolute atomic E-state index is 14.5. The van der Waals surface area contributed by atoms with Crippen LogP contribution in [0.4, 0.5) is 22.0 Å². The molecule has 4 aromatic rings. The van der Waals surface area contributed by atoms with Gasteiger partial charge in [-0.05, 0) is 30.3 Å². The summed E-state index contributed by atoms with van der Waals surface area (Å²) < 4.78 is 86.1. The maximum Gasteiger partial charge on any atom is 0.203 e. The standard InChI is InChI=1S/C25H17F5N2O4/c1-34-16-8-11(9-17(35-2)24(16)36-3)23(33)13(25-31-14-6-4-5-7-15(14)32-25)10-12-18(26)20(28)22(30)21(29)19(12)27/h4-10H,1-3H3,(H,31,32). The lowest BCUT2D eigenvalue weighted by Crippen LogP contribution is -2.09. The number of ketones is 1. The Morgan fingerprint density at radius 2 is 1.39 bits per heavy atom. The fourth-order valence-electron chi connectivity index (χ4n) is 3.58. The van der Waals surface area contributed by atoms with Crippen LogP contribution in [0.5, 0.6) is 17.2 Å². The molecule has 0 saturated carbocycles. The van der Waals surface area contributed by atoms with E-state index in [1.165, 1.54) is 33.5 Å². The molecule has 0 saturated heterocycles. The molecule has 6 nitrogen and oxygen atoms in total. The molecule has 1 N–H and O–H groups in total. The van der Waals surface area contributed by atoms with Gasteiger partial charge in [-0.2, -0.15) is 0 Å². The number of imidazole rings is 1. The summed E-state index contributed by atoms with van der Waals surface area (Å²) >= 11 is 0. The minimum absolute atomic E-state index is 0.0971. The van der Waals surface area contributed by atoms with Crippen molar-refractivity contribution in [1.82, 2.24) is 9.97 Å². The summed E-state index contributed by atoms with van der Waals surface area (Å²) in [5.74, 6) is -11.5. The van der Waals surface area contributed by atoms with Crippen LogP contribution in [0.15, 0.2) is 36.4 Å². The number of halogens is 5. The highest BCUT2D eigenvalue weighted by atomic mass is 19.2. The molecule has 1 heterocycles. The summed E-state index contributed by atoms with van der Waals surface area (Å²) in [5, 5.41) is 0. The molecule has 0 aliphatic carbocycles. The van der Waals surface area contributed by atoms with Crippen LogP contribution in [0.2, 0.25) is 0 Å². The number of methoxy groups -OCH3 is 3. The van der Waals surface area contributed by atoms with Crippen LogP contribution in [0.3, 0.4) is 0 Å². The van der Waals surface area contributed by atoms with Crippen molar-refractivity contribution in [2.75, 3.05) is 21.3 Å². The second kappa shape index (κ2) is 9.68. The third-order valence-corrected chi connectivity index (χ3v) is 5.35. The number of nitrogens with zero attached hydrogens (tertiary/aromatic N) is 1. The zero-order chi connectivity index (χ0) is 26.1. The van der Waals surface area contributed by atoms with Gasteiger partial charge in [-0.1, -0.05) is 12.1 Å². The van der Waals surface area contributed by atoms with Gasteiger partial charge in [-0.3, -0.25) is 4.79 Å². The molecule has 36 heavy (non-hydrogen) atoms. The first kappa shape index (κ1) is 24.7. The Hall–Kier alpha value is -4.41. The van der Waals surface area contributed by atoms with Crippen LogP contribution >= 0.6 is 0 Å². The van der Waals surface area contributed by atoms with Crippen molar-refractivity contribution in [3.05, 3.63) is 82.4 Å². The molecule has 0 atom stereocenters. The van der Waals surface area contributed by atoms with Crippen LogP contribution in [0.25, 0.3) is 22.7 Å². The number of rotatable bonds is 7. The van der Waals surface area contributed by atoms with Gasteiger partial charge in [-0.15, -0.1) is 0 Å². The molecule has 0 radical (unpaired) electrons. The molecular weight excluding hydrogens is 487 g/mol. The zero-order valence-corrected chi connectivity index (χ0v) is 19.0. The first-order valence-corrected chi connectivity index (χ1v) is 10.2. The number of para-hydroxylation sites is 2. The van der Waals surface area contributed by atoms with Gasteiger partial charge in [0.2, 0.25) is 11.6 Å². The quantitative estimate of drug-likeness (QED) is 0.115. The van der Waals surface area contributed by atoms with E-state index in [0.29, 0.717) is 17.1 Å². The molecular formula is C25H17F5N2O4. The zero-order valence-electron chi connectivity index (χ0n) is 19.0. The van der Waals surface area contributed by atoms with Crippen molar-refractivity contribution in [3.8, 4) is 17.2 Å². The van der Waals surface area contributed by atoms with Gasteiger partial charge >= 0.3 is 0 Å². The molecule has 11 heteroatoms. The molecule has 1 aromatic heterocycles. The van der Waals surface area contributed by atoms with Crippen LogP contribution < -0.4 is 14.2 Å². The predicted molar refractivity (Wildman–Crippen MR) is 121 cm³/mol. The van der Waals surface area contributed by atoms with Crippen LogP contribution in [-0.4, -0.2) is 37.1 Å². The molecule has 0 amide bonds. The summed E-state index contributed by atoms with van der Waals surface area (Å²) in [7, 11) is 3.98. The Labute approximate surface area is 200 Å². The Kier molecular flexibility index (Phi) is 6.65. The maximum atomic E-state index is 14.5. The van der Waals surface area contributed by atoms with Gasteiger partial charge in [0.15, 0.2) is 40.6 Å². The lowest BCUT2D eigenvalue weighted by molar-refractivity contribution is 0.105. The molecule has 0 unspecified atom stereocenters. The van der Waals surface area contributed by atoms with Gasteiger partial charge in [0.25, 0.3) is 0 Å². The number of aromatic nitrogens is 2. The van der Waals surface area contributed by atoms with Crippen molar-refractivity contribution < 1.29 is 41.0 Å². The Bertz CT molecular complexity index is 1440. The number of allylic oxidation sites excluding steroid dienone is 1. The van der Waals surface area contributed by atoms with Crippen molar-refractivity contribution in [3.63, 3.8) is 0 Å². The summed E-state index contributed by atoms with van der Waals surface area (Å²) in [6, 6.07) is 9.14. The van der Waals surface area contributed by atoms with Gasteiger partial charge < -0.3 is 19.2 Å². The smallest absolute Gasteiger partial charge is 0.203 e. The van der Waals surface area contributed by atoms with Gasteiger partial charge in [-0.25, -0.2) is 26.9 Å². The fourth-order valence-corrected chi connectivity index (χ4v) is 3.58. The fraction of sp³-hybridized carbons (Fsp3) is 0.120. The number of Topliss-reactive ketones (excluding diaryl/α,β-unsaturated/α-hetero) is 1. The number of carbonyl (C=O) groups is 1. The van der Waals surface area contributed by atoms with Crippen LogP contribution in [0.1, 0.15) is 21.7 Å². The first-order valence-electron chi connectivity index (χ1n) is 10.2. The normalized spacial score (nSPS) is 11.6. The highest BCUT2D eigenvalue weighted by molar-refractivity contribution is 6.32. The van der Waals surface area contributed by atoms with Crippen LogP contribution in [0, 0.1) is 29.1 Å². The van der Waals surface area contributed by atoms with Crippen molar-refractivity contribution in [2.45, 2.75) is 0 Å². The Morgan fingerprint density at radius 3 is 1.92 bits per heavy atom. The van der Waals surface area contributed by atoms with E-state index < -0.39 is 46.0 Å². The Balaban J connectivity index is 2.00. The number of H-pyrrole nitrogens is 1. The van der Waals surface area contributed by atoms with Gasteiger partial charge in [0.1, 0.15) is 5.82 Å². The average Bonchev–Trinajstić information content (AvgIpc) is 3.33. The van der Waals surface area contributed by atoms with Crippen molar-refractivity contribution in [2.24, 2.45) is 0 Å². The third kappa shape index (κ3) is 4.12. The second-order valence-corrected chi connectivity index (χ2v) is 7.39. The highest BCUT2D eigenvalue weighted by Crippen LogP contribution is 2.39. The van der Waals surface area contributed by atoms with Crippen molar-refractivity contribution >= 4 is 28.5 Å². The Morgan fingerprint density at radius 1 is 0.833 bits per heavy atom. The molecule has 4 rings (SSSR count). The SMILES string of the molecule is COc1cc(C(=O)C(=Cc2c(F)c(F)c(F)c(F)c2F)c2nc3ccccc3[nH]2)cc(OC)c1OC. The molecule has 0 spiro atoms. The lowest BCUT2D eigenvalue weighted by Gasteiger charge is -2.14. The van der Waals surface area contributed by atoms with Gasteiger partial charge in [0.05, 0.1) is 43.5 Å². The number of nitrogens with one attached hydrogen (secondary N) is 1. The van der Waals surface area contributed by atoms with Crippen molar-refractivity contribution in [1.29, 1.82) is 0 Å². The monoisotopic (exact) mass is 504 g/mol. The summed E-state index contributed by atoms with van der Waals surface area (Å²) in [6.07, 6.45) is 0.555. The molecule has 0 aliphatic rings. The van der Waals surface area contributed by atoms with E-state index in [-0.39, 0.29) is 28.6 Å². The lowest BCUT2D eigenvalue weighted by atomic mass is 9.98. The van der Waals surface area contributed by atoms with E-state index in [1.807, 2.05) is 0 Å². The van der Waals surface area contributed by atoms with E-state index in [4.69, 9.17) is 14.2 Å². The average molecular weight is 504 g/mol. The minimum Gasteiger partial charge on any atom is -0.493 e. The number of fused-ring (bicyclic) bond motifs is 1. The van der Waals surface area contributed by atoms with E-state index in [9.17, 15) is 26.7 Å². The number of benzene rings is 3. The number of hydrogen-bond donors (Lipinski definition) is 1. The number of aromatic amines is 1. The van der Waals surface area contributed by atoms with E-state index in [0.717, 1.165) is 0 Å². The number of ether oxygens (including phenoxy) is 3. The molecule has 0 bridgehead atoms. The van der Waals surface area contributed by atoms with Gasteiger partial charge in [0, 0.05) is 5.56 Å². The second-order valence-electron chi connectivity index (χ2n) is 7.39. The topological polar surface area (TPSA) is 73.4 Å². The summed E-state index contributed by atoms with van der Waals surface area (Å²) in [5.41, 5.74) is -1.02. The largest absolute Gasteiger partial charge is 0.493 e. The summed E-state index contributed by atoms with van der Waals surface area (Å²) in [4.78, 5) is 20.7. The predicted octanol–water partition coefficient (Wildman–Crippen LogP) is 5.71. The molecule has 0 fully saturated rings. The minimum atomic E-state index is -2.32. The van der Waals surface area contributed by atoms with E-state index >= 15 is 0 Å². The first-order chi connectivity index (χ1) is 17.2. The molecule has 186 valence electrons. The number of carbonyl (C=O) groups excluding carboxylic acids is 1. The van der Waals surface area contributed by atoms with E-state index in [1.54, 1.807) is 24.3 Å². The molecule has 0 aliphatic heterocycles. The number of hydrogen-bond acceptors (Lipinski definition) is 5. The van der Waals surface area contributed by atoms with E-state index in [2.05, 4.69) is 9.97 Å². The van der Waals surface area contributed by atoms with Crippen LogP contribution in [-0.2, 0) is 0 Å². The summed E-state index contributed by atoms with van der Waals surface area (Å²) in [6.45, 7) is 0. The highest BCUT2D eigenvalue weighted by Gasteiger charge is 2.28. The molecule has 3 aromatic carbocycles. The third-order valence-electron chi connectivity index (χ3n) is 5.35.